The zero-order valence-electron chi connectivity index (χ0n) is 17.9. The minimum atomic E-state index is -3.67. The van der Waals surface area contributed by atoms with Crippen molar-refractivity contribution in [3.8, 4) is 0 Å². The maximum Gasteiger partial charge on any atom is 0.269 e. The van der Waals surface area contributed by atoms with Gasteiger partial charge in [-0.25, -0.2) is 8.42 Å². The van der Waals surface area contributed by atoms with Crippen molar-refractivity contribution in [1.29, 1.82) is 0 Å². The molecule has 1 aromatic rings. The smallest absolute Gasteiger partial charge is 0.269 e. The highest BCUT2D eigenvalue weighted by molar-refractivity contribution is 7.89. The molecule has 1 aromatic carbocycles. The van der Waals surface area contributed by atoms with Crippen LogP contribution >= 0.6 is 0 Å². The molecule has 1 fully saturated rings. The quantitative estimate of drug-likeness (QED) is 0.523. The highest BCUT2D eigenvalue weighted by Crippen LogP contribution is 2.59. The van der Waals surface area contributed by atoms with E-state index in [9.17, 15) is 18.0 Å². The first-order valence-corrected chi connectivity index (χ1v) is 11.3. The first kappa shape index (κ1) is 23.1. The number of allylic oxidation sites excluding steroid dienone is 2. The van der Waals surface area contributed by atoms with Crippen molar-refractivity contribution in [2.45, 2.75) is 46.4 Å². The van der Waals surface area contributed by atoms with Gasteiger partial charge in [-0.15, -0.1) is 0 Å². The summed E-state index contributed by atoms with van der Waals surface area (Å²) >= 11 is 0. The van der Waals surface area contributed by atoms with Gasteiger partial charge in [0.1, 0.15) is 0 Å². The Morgan fingerprint density at radius 1 is 1.14 bits per heavy atom. The molecule has 2 atom stereocenters. The van der Waals surface area contributed by atoms with Crippen LogP contribution in [0.1, 0.15) is 51.9 Å². The van der Waals surface area contributed by atoms with Gasteiger partial charge in [0.2, 0.25) is 15.9 Å². The Labute approximate surface area is 173 Å². The van der Waals surface area contributed by atoms with Gasteiger partial charge in [-0.3, -0.25) is 20.4 Å². The maximum atomic E-state index is 12.6. The highest BCUT2D eigenvalue weighted by Gasteiger charge is 2.60. The van der Waals surface area contributed by atoms with Gasteiger partial charge in [0.15, 0.2) is 0 Å². The maximum absolute atomic E-state index is 12.6. The third-order valence-corrected chi connectivity index (χ3v) is 7.49. The van der Waals surface area contributed by atoms with E-state index in [1.807, 2.05) is 27.7 Å². The summed E-state index contributed by atoms with van der Waals surface area (Å²) in [6.45, 7) is 12.2. The molecule has 160 valence electrons. The standard InChI is InChI=1S/C21H31N3O4S/c1-7-24(8-2)29(27,28)16-11-9-10-15(13-16)19(25)22-23-20(26)18-17(12-14(3)4)21(18,5)6/h9-13,17-18H,7-8H2,1-6H3,(H,22,25)(H,23,26)/t17-,18-/m1/s1. The van der Waals surface area contributed by atoms with Crippen molar-refractivity contribution in [2.24, 2.45) is 17.3 Å². The van der Waals surface area contributed by atoms with Crippen LogP contribution < -0.4 is 10.9 Å². The van der Waals surface area contributed by atoms with Gasteiger partial charge in [0.05, 0.1) is 10.8 Å². The third kappa shape index (κ3) is 4.87. The predicted molar refractivity (Wildman–Crippen MR) is 112 cm³/mol. The molecule has 8 heteroatoms. The molecule has 0 radical (unpaired) electrons. The third-order valence-electron chi connectivity index (χ3n) is 5.44. The number of hydrogen-bond donors (Lipinski definition) is 2. The molecule has 2 amide bonds. The van der Waals surface area contributed by atoms with Gasteiger partial charge in [0.25, 0.3) is 5.91 Å². The van der Waals surface area contributed by atoms with E-state index >= 15 is 0 Å². The van der Waals surface area contributed by atoms with Crippen LogP contribution in [0.4, 0.5) is 0 Å². The van der Waals surface area contributed by atoms with E-state index in [1.54, 1.807) is 13.8 Å². The van der Waals surface area contributed by atoms with Gasteiger partial charge >= 0.3 is 0 Å². The second-order valence-electron chi connectivity index (χ2n) is 8.13. The topological polar surface area (TPSA) is 95.6 Å². The fraction of sp³-hybridized carbons (Fsp3) is 0.524. The van der Waals surface area contributed by atoms with Crippen LogP contribution in [0, 0.1) is 17.3 Å². The average molecular weight is 422 g/mol. The second-order valence-corrected chi connectivity index (χ2v) is 10.1. The molecule has 0 aliphatic heterocycles. The molecular formula is C21H31N3O4S. The molecular weight excluding hydrogens is 390 g/mol. The molecule has 0 unspecified atom stereocenters. The molecule has 0 spiro atoms. The number of rotatable bonds is 7. The predicted octanol–water partition coefficient (Wildman–Crippen LogP) is 2.72. The minimum Gasteiger partial charge on any atom is -0.273 e. The number of nitrogens with one attached hydrogen (secondary N) is 2. The number of benzene rings is 1. The van der Waals surface area contributed by atoms with Gasteiger partial charge in [-0.1, -0.05) is 45.4 Å². The Morgan fingerprint density at radius 2 is 1.76 bits per heavy atom. The van der Waals surface area contributed by atoms with Crippen LogP contribution in [-0.2, 0) is 14.8 Å². The fourth-order valence-electron chi connectivity index (χ4n) is 3.63. The lowest BCUT2D eigenvalue weighted by Gasteiger charge is -2.18. The van der Waals surface area contributed by atoms with Crippen LogP contribution in [0.3, 0.4) is 0 Å². The highest BCUT2D eigenvalue weighted by atomic mass is 32.2. The Morgan fingerprint density at radius 3 is 2.31 bits per heavy atom. The summed E-state index contributed by atoms with van der Waals surface area (Å²) in [6, 6.07) is 5.81. The second kappa shape index (κ2) is 8.67. The zero-order chi connectivity index (χ0) is 22.0. The lowest BCUT2D eigenvalue weighted by Crippen LogP contribution is -2.43. The van der Waals surface area contributed by atoms with Crippen molar-refractivity contribution in [3.05, 3.63) is 41.5 Å². The fourth-order valence-corrected chi connectivity index (χ4v) is 5.13. The lowest BCUT2D eigenvalue weighted by molar-refractivity contribution is -0.123. The summed E-state index contributed by atoms with van der Waals surface area (Å²) in [7, 11) is -3.67. The minimum absolute atomic E-state index is 0.0483. The number of hydrazine groups is 1. The summed E-state index contributed by atoms with van der Waals surface area (Å²) in [5.74, 6) is -0.899. The van der Waals surface area contributed by atoms with Gasteiger partial charge in [0, 0.05) is 18.7 Å². The summed E-state index contributed by atoms with van der Waals surface area (Å²) < 4.78 is 26.6. The van der Waals surface area contributed by atoms with Crippen LogP contribution in [0.15, 0.2) is 40.8 Å². The molecule has 2 N–H and O–H groups in total. The largest absolute Gasteiger partial charge is 0.273 e. The van der Waals surface area contributed by atoms with Crippen molar-refractivity contribution in [2.75, 3.05) is 13.1 Å². The summed E-state index contributed by atoms with van der Waals surface area (Å²) in [5.41, 5.74) is 6.02. The lowest BCUT2D eigenvalue weighted by atomic mass is 10.1. The number of sulfonamides is 1. The number of amides is 2. The van der Waals surface area contributed by atoms with Crippen molar-refractivity contribution in [1.82, 2.24) is 15.2 Å². The molecule has 0 bridgehead atoms. The molecule has 1 aliphatic carbocycles. The van der Waals surface area contributed by atoms with Crippen molar-refractivity contribution >= 4 is 21.8 Å². The zero-order valence-corrected chi connectivity index (χ0v) is 18.8. The Bertz CT molecular complexity index is 914. The van der Waals surface area contributed by atoms with E-state index in [-0.39, 0.29) is 33.6 Å². The molecule has 7 nitrogen and oxygen atoms in total. The Balaban J connectivity index is 2.07. The van der Waals surface area contributed by atoms with E-state index < -0.39 is 15.9 Å². The average Bonchev–Trinajstić information content (AvgIpc) is 3.19. The van der Waals surface area contributed by atoms with Crippen molar-refractivity contribution < 1.29 is 18.0 Å². The number of hydrogen-bond acceptors (Lipinski definition) is 4. The molecule has 1 saturated carbocycles. The van der Waals surface area contributed by atoms with Crippen LogP contribution in [0.5, 0.6) is 0 Å². The van der Waals surface area contributed by atoms with Crippen LogP contribution in [-0.4, -0.2) is 37.6 Å². The number of carbonyl (C=O) groups excluding carboxylic acids is 2. The monoisotopic (exact) mass is 421 g/mol. The number of nitrogens with zero attached hydrogens (tertiary/aromatic N) is 1. The van der Waals surface area contributed by atoms with E-state index in [4.69, 9.17) is 0 Å². The molecule has 0 heterocycles. The summed E-state index contributed by atoms with van der Waals surface area (Å²) in [5, 5.41) is 0. The van der Waals surface area contributed by atoms with E-state index in [1.165, 1.54) is 28.6 Å². The molecule has 1 aliphatic rings. The summed E-state index contributed by atoms with van der Waals surface area (Å²) in [4.78, 5) is 25.0. The molecule has 2 rings (SSSR count). The van der Waals surface area contributed by atoms with Crippen LogP contribution in [0.25, 0.3) is 0 Å². The van der Waals surface area contributed by atoms with Gasteiger partial charge < -0.3 is 0 Å². The summed E-state index contributed by atoms with van der Waals surface area (Å²) in [6.07, 6.45) is 2.08. The number of carbonyl (C=O) groups is 2. The Hall–Kier alpha value is -2.19. The van der Waals surface area contributed by atoms with Gasteiger partial charge in [-0.05, 0) is 43.4 Å². The first-order valence-electron chi connectivity index (χ1n) is 9.82. The van der Waals surface area contributed by atoms with Crippen molar-refractivity contribution in [3.63, 3.8) is 0 Å². The SMILES string of the molecule is CCN(CC)S(=O)(=O)c1cccc(C(=O)NNC(=O)[C@H]2[C@@H](C=C(C)C)C2(C)C)c1. The van der Waals surface area contributed by atoms with E-state index in [0.717, 1.165) is 5.57 Å². The molecule has 29 heavy (non-hydrogen) atoms. The first-order chi connectivity index (χ1) is 13.5. The van der Waals surface area contributed by atoms with E-state index in [0.29, 0.717) is 13.1 Å². The van der Waals surface area contributed by atoms with Crippen LogP contribution in [0.2, 0.25) is 0 Å². The Kier molecular flexibility index (Phi) is 6.90. The normalized spacial score (nSPS) is 20.1. The molecule has 0 saturated heterocycles. The molecule has 0 aromatic heterocycles. The van der Waals surface area contributed by atoms with E-state index in [2.05, 4.69) is 16.9 Å². The van der Waals surface area contributed by atoms with Gasteiger partial charge in [-0.2, -0.15) is 4.31 Å².